The molecule has 1 saturated carbocycles. The summed E-state index contributed by atoms with van der Waals surface area (Å²) in [6.07, 6.45) is 4.74. The van der Waals surface area contributed by atoms with Crippen molar-refractivity contribution in [3.63, 3.8) is 0 Å². The van der Waals surface area contributed by atoms with Crippen LogP contribution < -0.4 is 5.32 Å². The van der Waals surface area contributed by atoms with Crippen LogP contribution >= 0.6 is 11.3 Å². The van der Waals surface area contributed by atoms with E-state index in [4.69, 9.17) is 5.11 Å². The fourth-order valence-corrected chi connectivity index (χ4v) is 2.80. The van der Waals surface area contributed by atoms with E-state index < -0.39 is 5.97 Å². The summed E-state index contributed by atoms with van der Waals surface area (Å²) in [6.45, 7) is 0.628. The Labute approximate surface area is 109 Å². The Hall–Kier alpha value is -1.43. The summed E-state index contributed by atoms with van der Waals surface area (Å²) >= 11 is 1.32. The zero-order valence-electron chi connectivity index (χ0n) is 9.96. The molecular formula is C12H16N2O3S. The number of aliphatic carboxylic acids is 1. The van der Waals surface area contributed by atoms with Crippen molar-refractivity contribution in [3.8, 4) is 0 Å². The van der Waals surface area contributed by atoms with Crippen LogP contribution in [0.15, 0.2) is 11.7 Å². The Morgan fingerprint density at radius 3 is 2.67 bits per heavy atom. The van der Waals surface area contributed by atoms with Gasteiger partial charge in [0.1, 0.15) is 4.88 Å². The maximum atomic E-state index is 11.7. The number of hydrogen-bond donors (Lipinski definition) is 2. The Kier molecular flexibility index (Phi) is 4.30. The second-order valence-corrected chi connectivity index (χ2v) is 5.52. The van der Waals surface area contributed by atoms with E-state index in [1.807, 2.05) is 0 Å². The van der Waals surface area contributed by atoms with Gasteiger partial charge in [0.15, 0.2) is 0 Å². The summed E-state index contributed by atoms with van der Waals surface area (Å²) in [6, 6.07) is 0. The maximum Gasteiger partial charge on any atom is 0.306 e. The summed E-state index contributed by atoms with van der Waals surface area (Å²) in [5.74, 6) is -0.573. The standard InChI is InChI=1S/C12H16N2O3S/c15-11(10-6-13-7-18-10)14-5-8-1-3-9(4-2-8)12(16)17/h6-9H,1-5H2,(H,14,15)(H,16,17). The highest BCUT2D eigenvalue weighted by molar-refractivity contribution is 7.11. The van der Waals surface area contributed by atoms with Gasteiger partial charge in [-0.15, -0.1) is 11.3 Å². The number of carbonyl (C=O) groups excluding carboxylic acids is 1. The monoisotopic (exact) mass is 268 g/mol. The quantitative estimate of drug-likeness (QED) is 0.872. The third-order valence-corrected chi connectivity index (χ3v) is 4.18. The molecule has 0 spiro atoms. The average molecular weight is 268 g/mol. The van der Waals surface area contributed by atoms with Crippen molar-refractivity contribution in [2.45, 2.75) is 25.7 Å². The predicted molar refractivity (Wildman–Crippen MR) is 67.5 cm³/mol. The molecule has 0 bridgehead atoms. The molecule has 18 heavy (non-hydrogen) atoms. The lowest BCUT2D eigenvalue weighted by Crippen LogP contribution is -2.32. The summed E-state index contributed by atoms with van der Waals surface area (Å²) in [4.78, 5) is 27.0. The number of carboxylic acids is 1. The van der Waals surface area contributed by atoms with Crippen LogP contribution in [-0.2, 0) is 4.79 Å². The van der Waals surface area contributed by atoms with Gasteiger partial charge in [-0.1, -0.05) is 0 Å². The first kappa shape index (κ1) is 13.0. The smallest absolute Gasteiger partial charge is 0.306 e. The highest BCUT2D eigenvalue weighted by atomic mass is 32.1. The van der Waals surface area contributed by atoms with Gasteiger partial charge >= 0.3 is 5.97 Å². The number of hydrogen-bond acceptors (Lipinski definition) is 4. The Morgan fingerprint density at radius 1 is 1.39 bits per heavy atom. The highest BCUT2D eigenvalue weighted by Crippen LogP contribution is 2.28. The topological polar surface area (TPSA) is 79.3 Å². The number of carbonyl (C=O) groups is 2. The van der Waals surface area contributed by atoms with E-state index in [9.17, 15) is 9.59 Å². The minimum Gasteiger partial charge on any atom is -0.481 e. The highest BCUT2D eigenvalue weighted by Gasteiger charge is 2.26. The molecule has 0 unspecified atom stereocenters. The van der Waals surface area contributed by atoms with Gasteiger partial charge in [0, 0.05) is 6.54 Å². The van der Waals surface area contributed by atoms with E-state index in [1.54, 1.807) is 11.7 Å². The molecule has 1 aliphatic rings. The fraction of sp³-hybridized carbons (Fsp3) is 0.583. The second kappa shape index (κ2) is 5.95. The van der Waals surface area contributed by atoms with Crippen molar-refractivity contribution in [2.75, 3.05) is 6.54 Å². The lowest BCUT2D eigenvalue weighted by molar-refractivity contribution is -0.143. The molecule has 1 fully saturated rings. The summed E-state index contributed by atoms with van der Waals surface area (Å²) in [5.41, 5.74) is 1.63. The normalized spacial score (nSPS) is 23.6. The molecular weight excluding hydrogens is 252 g/mol. The van der Waals surface area contributed by atoms with E-state index in [2.05, 4.69) is 10.3 Å². The van der Waals surface area contributed by atoms with Crippen LogP contribution in [-0.4, -0.2) is 28.5 Å². The SMILES string of the molecule is O=C(NCC1CCC(C(=O)O)CC1)c1cncs1. The molecule has 1 aromatic heterocycles. The largest absolute Gasteiger partial charge is 0.481 e. The lowest BCUT2D eigenvalue weighted by atomic mass is 9.82. The van der Waals surface area contributed by atoms with E-state index in [1.165, 1.54) is 11.3 Å². The number of aromatic nitrogens is 1. The second-order valence-electron chi connectivity index (χ2n) is 4.63. The zero-order valence-corrected chi connectivity index (χ0v) is 10.8. The molecule has 5 nitrogen and oxygen atoms in total. The number of nitrogens with zero attached hydrogens (tertiary/aromatic N) is 1. The average Bonchev–Trinajstić information content (AvgIpc) is 2.90. The fourth-order valence-electron chi connectivity index (χ4n) is 2.27. The van der Waals surface area contributed by atoms with Gasteiger partial charge in [0.05, 0.1) is 17.6 Å². The number of thiazole rings is 1. The van der Waals surface area contributed by atoms with Crippen molar-refractivity contribution in [2.24, 2.45) is 11.8 Å². The minimum atomic E-state index is -0.692. The number of amides is 1. The van der Waals surface area contributed by atoms with Crippen LogP contribution in [0, 0.1) is 11.8 Å². The molecule has 6 heteroatoms. The molecule has 0 aromatic carbocycles. The molecule has 1 aromatic rings. The zero-order chi connectivity index (χ0) is 13.0. The van der Waals surface area contributed by atoms with Crippen molar-refractivity contribution >= 4 is 23.2 Å². The molecule has 0 aliphatic heterocycles. The molecule has 1 aliphatic carbocycles. The van der Waals surface area contributed by atoms with Crippen molar-refractivity contribution in [1.82, 2.24) is 10.3 Å². The molecule has 1 heterocycles. The molecule has 2 rings (SSSR count). The van der Waals surface area contributed by atoms with Crippen LogP contribution in [0.25, 0.3) is 0 Å². The van der Waals surface area contributed by atoms with E-state index in [-0.39, 0.29) is 11.8 Å². The Morgan fingerprint density at radius 2 is 2.11 bits per heavy atom. The van der Waals surface area contributed by atoms with Gasteiger partial charge in [0.2, 0.25) is 0 Å². The number of nitrogens with one attached hydrogen (secondary N) is 1. The summed E-state index contributed by atoms with van der Waals surface area (Å²) in [7, 11) is 0. The Bertz CT molecular complexity index is 411. The third-order valence-electron chi connectivity index (χ3n) is 3.40. The molecule has 98 valence electrons. The summed E-state index contributed by atoms with van der Waals surface area (Å²) in [5, 5.41) is 11.8. The first-order chi connectivity index (χ1) is 8.66. The molecule has 0 atom stereocenters. The van der Waals surface area contributed by atoms with Crippen molar-refractivity contribution in [3.05, 3.63) is 16.6 Å². The molecule has 1 amide bonds. The van der Waals surface area contributed by atoms with Gasteiger partial charge in [-0.2, -0.15) is 0 Å². The molecule has 0 radical (unpaired) electrons. The predicted octanol–water partition coefficient (Wildman–Crippen LogP) is 1.76. The first-order valence-electron chi connectivity index (χ1n) is 6.06. The van der Waals surface area contributed by atoms with Gasteiger partial charge < -0.3 is 10.4 Å². The van der Waals surface area contributed by atoms with Crippen molar-refractivity contribution in [1.29, 1.82) is 0 Å². The van der Waals surface area contributed by atoms with Gasteiger partial charge in [-0.3, -0.25) is 14.6 Å². The van der Waals surface area contributed by atoms with Crippen LogP contribution in [0.4, 0.5) is 0 Å². The van der Waals surface area contributed by atoms with E-state index in [0.29, 0.717) is 17.3 Å². The van der Waals surface area contributed by atoms with Crippen LogP contribution in [0.5, 0.6) is 0 Å². The van der Waals surface area contributed by atoms with Gasteiger partial charge in [-0.25, -0.2) is 0 Å². The molecule has 2 N–H and O–H groups in total. The maximum absolute atomic E-state index is 11.7. The van der Waals surface area contributed by atoms with E-state index >= 15 is 0 Å². The third kappa shape index (κ3) is 3.29. The summed E-state index contributed by atoms with van der Waals surface area (Å²) < 4.78 is 0. The number of carboxylic acid groups (broad SMARTS) is 1. The van der Waals surface area contributed by atoms with Crippen LogP contribution in [0.3, 0.4) is 0 Å². The van der Waals surface area contributed by atoms with E-state index in [0.717, 1.165) is 25.7 Å². The number of rotatable bonds is 4. The van der Waals surface area contributed by atoms with Crippen LogP contribution in [0.1, 0.15) is 35.4 Å². The van der Waals surface area contributed by atoms with Gasteiger partial charge in [-0.05, 0) is 31.6 Å². The lowest BCUT2D eigenvalue weighted by Gasteiger charge is -2.26. The van der Waals surface area contributed by atoms with Crippen molar-refractivity contribution < 1.29 is 14.7 Å². The van der Waals surface area contributed by atoms with Crippen LogP contribution in [0.2, 0.25) is 0 Å². The van der Waals surface area contributed by atoms with Gasteiger partial charge in [0.25, 0.3) is 5.91 Å². The minimum absolute atomic E-state index is 0.0853. The molecule has 0 saturated heterocycles. The first-order valence-corrected chi connectivity index (χ1v) is 6.94. The Balaban J connectivity index is 1.72.